The molecule has 0 spiro atoms. The Bertz CT molecular complexity index is 793. The van der Waals surface area contributed by atoms with Crippen LogP contribution in [0.4, 0.5) is 10.1 Å². The lowest BCUT2D eigenvalue weighted by Gasteiger charge is -2.01. The minimum Gasteiger partial charge on any atom is -0.396 e. The zero-order chi connectivity index (χ0) is 15.0. The normalized spacial score (nSPS) is 11.0. The Morgan fingerprint density at radius 2 is 2.14 bits per heavy atom. The molecular formula is C14H13ClFN5. The molecule has 0 saturated heterocycles. The first-order valence-corrected chi connectivity index (χ1v) is 6.79. The van der Waals surface area contributed by atoms with Crippen LogP contribution in [-0.4, -0.2) is 19.6 Å². The van der Waals surface area contributed by atoms with Crippen molar-refractivity contribution in [1.82, 2.24) is 19.6 Å². The summed E-state index contributed by atoms with van der Waals surface area (Å²) in [5.41, 5.74) is 8.48. The molecule has 108 valence electrons. The Hall–Kier alpha value is -2.34. The fourth-order valence-corrected chi connectivity index (χ4v) is 2.15. The van der Waals surface area contributed by atoms with Gasteiger partial charge < -0.3 is 5.73 Å². The first kappa shape index (κ1) is 13.6. The molecule has 3 aromatic rings. The van der Waals surface area contributed by atoms with Gasteiger partial charge in [-0.15, -0.1) is 0 Å². The van der Waals surface area contributed by atoms with E-state index in [0.717, 1.165) is 12.1 Å². The number of aromatic nitrogens is 4. The number of aryl methyl sites for hydroxylation is 1. The molecule has 0 fully saturated rings. The summed E-state index contributed by atoms with van der Waals surface area (Å²) in [5, 5.41) is 8.66. The van der Waals surface area contributed by atoms with Gasteiger partial charge >= 0.3 is 0 Å². The third-order valence-corrected chi connectivity index (χ3v) is 3.45. The number of nitrogen functional groups attached to an aromatic ring is 1. The second-order valence-corrected chi connectivity index (χ2v) is 4.97. The second-order valence-electron chi connectivity index (χ2n) is 4.56. The summed E-state index contributed by atoms with van der Waals surface area (Å²) in [6, 6.07) is 4.48. The molecule has 2 aromatic heterocycles. The Kier molecular flexibility index (Phi) is 3.39. The van der Waals surface area contributed by atoms with E-state index in [1.54, 1.807) is 23.1 Å². The van der Waals surface area contributed by atoms with Crippen molar-refractivity contribution in [1.29, 1.82) is 0 Å². The van der Waals surface area contributed by atoms with Crippen molar-refractivity contribution in [3.8, 4) is 16.9 Å². The molecule has 0 amide bonds. The van der Waals surface area contributed by atoms with Crippen LogP contribution >= 0.6 is 11.6 Å². The molecule has 0 unspecified atom stereocenters. The average molecular weight is 306 g/mol. The zero-order valence-corrected chi connectivity index (χ0v) is 12.0. The molecule has 0 aliphatic carbocycles. The maximum atomic E-state index is 13.5. The molecule has 5 nitrogen and oxygen atoms in total. The van der Waals surface area contributed by atoms with Crippen molar-refractivity contribution in [3.05, 3.63) is 47.6 Å². The number of nitrogens with two attached hydrogens (primary N) is 1. The van der Waals surface area contributed by atoms with Gasteiger partial charge in [0.15, 0.2) is 0 Å². The Morgan fingerprint density at radius 3 is 2.81 bits per heavy atom. The van der Waals surface area contributed by atoms with Crippen molar-refractivity contribution < 1.29 is 4.39 Å². The van der Waals surface area contributed by atoms with Crippen LogP contribution in [0.1, 0.15) is 6.92 Å². The van der Waals surface area contributed by atoms with E-state index in [0.29, 0.717) is 17.1 Å². The lowest BCUT2D eigenvalue weighted by Crippen LogP contribution is -1.95. The van der Waals surface area contributed by atoms with Crippen LogP contribution in [-0.2, 0) is 6.54 Å². The zero-order valence-electron chi connectivity index (χ0n) is 11.3. The summed E-state index contributed by atoms with van der Waals surface area (Å²) in [4.78, 5) is 0. The summed E-state index contributed by atoms with van der Waals surface area (Å²) < 4.78 is 16.8. The summed E-state index contributed by atoms with van der Waals surface area (Å²) in [6.45, 7) is 2.76. The summed E-state index contributed by atoms with van der Waals surface area (Å²) in [6.07, 6.45) is 5.21. The fraction of sp³-hybridized carbons (Fsp3) is 0.143. The highest BCUT2D eigenvalue weighted by Gasteiger charge is 2.12. The van der Waals surface area contributed by atoms with Crippen LogP contribution in [0.15, 0.2) is 36.8 Å². The number of benzene rings is 1. The molecule has 3 rings (SSSR count). The minimum atomic E-state index is -0.497. The van der Waals surface area contributed by atoms with Crippen LogP contribution in [0.2, 0.25) is 5.02 Å². The summed E-state index contributed by atoms with van der Waals surface area (Å²) in [7, 11) is 0. The molecule has 0 bridgehead atoms. The summed E-state index contributed by atoms with van der Waals surface area (Å²) in [5.74, 6) is -0.497. The molecule has 2 N–H and O–H groups in total. The van der Waals surface area contributed by atoms with Gasteiger partial charge in [-0.2, -0.15) is 10.2 Å². The van der Waals surface area contributed by atoms with Gasteiger partial charge in [-0.05, 0) is 19.1 Å². The average Bonchev–Trinajstić information content (AvgIpc) is 3.08. The molecule has 0 saturated carbocycles. The molecule has 0 aliphatic rings. The number of nitrogens with zero attached hydrogens (tertiary/aromatic N) is 4. The van der Waals surface area contributed by atoms with Gasteiger partial charge in [0.25, 0.3) is 0 Å². The van der Waals surface area contributed by atoms with Crippen molar-refractivity contribution in [3.63, 3.8) is 0 Å². The highest BCUT2D eigenvalue weighted by Crippen LogP contribution is 2.26. The smallest absolute Gasteiger partial charge is 0.143 e. The molecule has 0 atom stereocenters. The van der Waals surface area contributed by atoms with Gasteiger partial charge in [-0.1, -0.05) is 11.6 Å². The number of halogens is 2. The van der Waals surface area contributed by atoms with E-state index in [2.05, 4.69) is 10.2 Å². The second kappa shape index (κ2) is 5.21. The van der Waals surface area contributed by atoms with Crippen LogP contribution in [0.3, 0.4) is 0 Å². The maximum Gasteiger partial charge on any atom is 0.143 e. The van der Waals surface area contributed by atoms with Crippen molar-refractivity contribution in [2.45, 2.75) is 13.5 Å². The Labute approximate surface area is 125 Å². The molecule has 7 heteroatoms. The van der Waals surface area contributed by atoms with Crippen LogP contribution in [0, 0.1) is 5.82 Å². The van der Waals surface area contributed by atoms with Crippen molar-refractivity contribution >= 4 is 17.3 Å². The number of rotatable bonds is 3. The topological polar surface area (TPSA) is 61.7 Å². The first-order chi connectivity index (χ1) is 10.1. The van der Waals surface area contributed by atoms with Gasteiger partial charge in [0, 0.05) is 24.4 Å². The van der Waals surface area contributed by atoms with Crippen LogP contribution in [0.5, 0.6) is 0 Å². The predicted molar refractivity (Wildman–Crippen MR) is 79.8 cm³/mol. The van der Waals surface area contributed by atoms with E-state index in [1.807, 2.05) is 13.1 Å². The molecular weight excluding hydrogens is 293 g/mol. The molecule has 0 aliphatic heterocycles. The van der Waals surface area contributed by atoms with Gasteiger partial charge in [0.1, 0.15) is 11.5 Å². The standard InChI is InChI=1S/C14H13ClFN5/c1-2-20-7-9(6-18-20)14-13(17)8-21(19-14)10-3-4-11(15)12(16)5-10/h3-8H,2,17H2,1H3. The minimum absolute atomic E-state index is 0.0725. The SMILES string of the molecule is CCn1cc(-c2nn(-c3ccc(Cl)c(F)c3)cc2N)cn1. The monoisotopic (exact) mass is 305 g/mol. The lowest BCUT2D eigenvalue weighted by molar-refractivity contribution is 0.626. The van der Waals surface area contributed by atoms with E-state index in [9.17, 15) is 4.39 Å². The maximum absolute atomic E-state index is 13.5. The van der Waals surface area contributed by atoms with Crippen LogP contribution < -0.4 is 5.73 Å². The Balaban J connectivity index is 2.02. The van der Waals surface area contributed by atoms with Crippen LogP contribution in [0.25, 0.3) is 16.9 Å². The lowest BCUT2D eigenvalue weighted by atomic mass is 10.2. The molecule has 1 aromatic carbocycles. The largest absolute Gasteiger partial charge is 0.396 e. The summed E-state index contributed by atoms with van der Waals surface area (Å²) >= 11 is 5.68. The van der Waals surface area contributed by atoms with Gasteiger partial charge in [0.2, 0.25) is 0 Å². The number of anilines is 1. The predicted octanol–water partition coefficient (Wildman–Crippen LogP) is 3.13. The third-order valence-electron chi connectivity index (χ3n) is 3.14. The quantitative estimate of drug-likeness (QED) is 0.808. The van der Waals surface area contributed by atoms with E-state index < -0.39 is 5.82 Å². The van der Waals surface area contributed by atoms with E-state index in [4.69, 9.17) is 17.3 Å². The van der Waals surface area contributed by atoms with E-state index in [1.165, 1.54) is 16.8 Å². The van der Waals surface area contributed by atoms with Crippen molar-refractivity contribution in [2.24, 2.45) is 0 Å². The first-order valence-electron chi connectivity index (χ1n) is 6.42. The van der Waals surface area contributed by atoms with Gasteiger partial charge in [-0.3, -0.25) is 4.68 Å². The number of hydrogen-bond acceptors (Lipinski definition) is 3. The van der Waals surface area contributed by atoms with Crippen molar-refractivity contribution in [2.75, 3.05) is 5.73 Å². The third kappa shape index (κ3) is 2.50. The number of hydrogen-bond donors (Lipinski definition) is 1. The van der Waals surface area contributed by atoms with E-state index >= 15 is 0 Å². The molecule has 2 heterocycles. The molecule has 21 heavy (non-hydrogen) atoms. The highest BCUT2D eigenvalue weighted by molar-refractivity contribution is 6.30. The highest BCUT2D eigenvalue weighted by atomic mass is 35.5. The van der Waals surface area contributed by atoms with Gasteiger partial charge in [0.05, 0.1) is 28.8 Å². The van der Waals surface area contributed by atoms with Gasteiger partial charge in [-0.25, -0.2) is 9.07 Å². The Morgan fingerprint density at radius 1 is 1.33 bits per heavy atom. The van der Waals surface area contributed by atoms with E-state index in [-0.39, 0.29) is 5.02 Å². The molecule has 0 radical (unpaired) electrons. The fourth-order valence-electron chi connectivity index (χ4n) is 2.03.